The van der Waals surface area contributed by atoms with E-state index in [1.54, 1.807) is 12.1 Å². The van der Waals surface area contributed by atoms with Gasteiger partial charge in [-0.3, -0.25) is 9.47 Å². The van der Waals surface area contributed by atoms with Crippen molar-refractivity contribution >= 4 is 22.2 Å². The molecule has 8 nitrogen and oxygen atoms in total. The fraction of sp³-hybridized carbons (Fsp3) is 0.517. The van der Waals surface area contributed by atoms with E-state index in [4.69, 9.17) is 22.1 Å². The predicted octanol–water partition coefficient (Wildman–Crippen LogP) is 5.48. The van der Waals surface area contributed by atoms with Gasteiger partial charge in [-0.15, -0.1) is 0 Å². The van der Waals surface area contributed by atoms with E-state index in [1.807, 2.05) is 22.9 Å². The second-order valence-corrected chi connectivity index (χ2v) is 12.7. The maximum atomic E-state index is 13.4. The van der Waals surface area contributed by atoms with Crippen LogP contribution in [0.3, 0.4) is 0 Å². The molecule has 2 fully saturated rings. The zero-order chi connectivity index (χ0) is 27.2. The minimum atomic E-state index is -3.62. The number of hydrogen-bond acceptors (Lipinski definition) is 6. The van der Waals surface area contributed by atoms with Crippen LogP contribution < -0.4 is 0 Å². The number of hydrogen-bond donors (Lipinski definition) is 0. The normalized spacial score (nSPS) is 17.9. The Kier molecular flexibility index (Phi) is 9.29. The van der Waals surface area contributed by atoms with E-state index < -0.39 is 10.0 Å². The monoisotopic (exact) mass is 569 g/mol. The average Bonchev–Trinajstić information content (AvgIpc) is 3.12. The highest BCUT2D eigenvalue weighted by atomic mass is 32.2. The molecule has 0 radical (unpaired) electrons. The highest BCUT2D eigenvalue weighted by Crippen LogP contribution is 2.33. The molecule has 0 bridgehead atoms. The van der Waals surface area contributed by atoms with Crippen LogP contribution in [0.5, 0.6) is 0 Å². The van der Waals surface area contributed by atoms with Crippen molar-refractivity contribution in [2.24, 2.45) is 0 Å². The van der Waals surface area contributed by atoms with Crippen molar-refractivity contribution in [1.29, 1.82) is 0 Å². The van der Waals surface area contributed by atoms with Crippen molar-refractivity contribution in [1.82, 2.24) is 23.6 Å². The highest BCUT2D eigenvalue weighted by Gasteiger charge is 2.28. The standard InChI is InChI=1S/C29H39N5O3S2/c1-2-31(22-24-11-6-5-7-12-24)23-33-29(38)34(26-14-8-3-4-9-15-26)28(30-33)25-13-10-16-27(21-25)39(35,36)32-17-19-37-20-18-32/h5-7,10-13,16,21,26H,2-4,8-9,14-15,17-20,22-23H2,1H3. The Morgan fingerprint density at radius 1 is 1.00 bits per heavy atom. The summed E-state index contributed by atoms with van der Waals surface area (Å²) >= 11 is 6.07. The van der Waals surface area contributed by atoms with Gasteiger partial charge in [-0.1, -0.05) is 75.1 Å². The number of aromatic nitrogens is 3. The summed E-state index contributed by atoms with van der Waals surface area (Å²) in [5, 5.41) is 5.06. The third-order valence-electron chi connectivity index (χ3n) is 7.79. The summed E-state index contributed by atoms with van der Waals surface area (Å²) in [5.74, 6) is 0.752. The van der Waals surface area contributed by atoms with Crippen molar-refractivity contribution in [3.8, 4) is 11.4 Å². The molecule has 39 heavy (non-hydrogen) atoms. The Morgan fingerprint density at radius 3 is 2.41 bits per heavy atom. The molecule has 210 valence electrons. The minimum Gasteiger partial charge on any atom is -0.379 e. The van der Waals surface area contributed by atoms with E-state index in [9.17, 15) is 8.42 Å². The Labute approximate surface area is 237 Å². The van der Waals surface area contributed by atoms with Crippen LogP contribution in [0.2, 0.25) is 0 Å². The van der Waals surface area contributed by atoms with Crippen LogP contribution in [-0.4, -0.2) is 64.8 Å². The van der Waals surface area contributed by atoms with E-state index in [2.05, 4.69) is 40.7 Å². The van der Waals surface area contributed by atoms with Crippen molar-refractivity contribution in [2.45, 2.75) is 69.6 Å². The van der Waals surface area contributed by atoms with E-state index in [0.717, 1.165) is 50.2 Å². The quantitative estimate of drug-likeness (QED) is 0.251. The molecule has 0 unspecified atom stereocenters. The fourth-order valence-corrected chi connectivity index (χ4v) is 7.37. The maximum absolute atomic E-state index is 13.4. The fourth-order valence-electron chi connectivity index (χ4n) is 5.58. The van der Waals surface area contributed by atoms with Gasteiger partial charge in [-0.2, -0.15) is 9.40 Å². The van der Waals surface area contributed by atoms with Crippen LogP contribution in [0, 0.1) is 4.77 Å². The molecule has 1 saturated heterocycles. The van der Waals surface area contributed by atoms with Crippen LogP contribution in [0.1, 0.15) is 57.1 Å². The molecule has 2 aliphatic rings. The zero-order valence-electron chi connectivity index (χ0n) is 22.7. The topological polar surface area (TPSA) is 72.6 Å². The van der Waals surface area contributed by atoms with Gasteiger partial charge >= 0.3 is 0 Å². The predicted molar refractivity (Wildman–Crippen MR) is 155 cm³/mol. The molecule has 0 spiro atoms. The summed E-state index contributed by atoms with van der Waals surface area (Å²) in [5.41, 5.74) is 2.03. The van der Waals surface area contributed by atoms with E-state index >= 15 is 0 Å². The first kappa shape index (κ1) is 28.2. The number of nitrogens with zero attached hydrogens (tertiary/aromatic N) is 5. The number of sulfonamides is 1. The Bertz CT molecular complexity index is 1390. The second kappa shape index (κ2) is 12.9. The van der Waals surface area contributed by atoms with Gasteiger partial charge in [-0.25, -0.2) is 13.1 Å². The molecule has 2 heterocycles. The molecular weight excluding hydrogens is 530 g/mol. The van der Waals surface area contributed by atoms with Gasteiger partial charge in [0, 0.05) is 31.2 Å². The Hall–Kier alpha value is -2.37. The Morgan fingerprint density at radius 2 is 1.72 bits per heavy atom. The van der Waals surface area contributed by atoms with Gasteiger partial charge in [0.1, 0.15) is 0 Å². The summed E-state index contributed by atoms with van der Waals surface area (Å²) in [4.78, 5) is 2.60. The summed E-state index contributed by atoms with van der Waals surface area (Å²) in [6, 6.07) is 17.9. The Balaban J connectivity index is 1.52. The number of ether oxygens (including phenoxy) is 1. The molecular formula is C29H39N5O3S2. The van der Waals surface area contributed by atoms with Crippen LogP contribution >= 0.6 is 12.2 Å². The zero-order valence-corrected chi connectivity index (χ0v) is 24.4. The van der Waals surface area contributed by atoms with Crippen LogP contribution in [-0.2, 0) is 28.0 Å². The molecule has 1 aliphatic carbocycles. The molecule has 1 saturated carbocycles. The van der Waals surface area contributed by atoms with E-state index in [-0.39, 0.29) is 10.9 Å². The van der Waals surface area contributed by atoms with E-state index in [1.165, 1.54) is 22.7 Å². The third kappa shape index (κ3) is 6.52. The molecule has 1 aliphatic heterocycles. The maximum Gasteiger partial charge on any atom is 0.243 e. The van der Waals surface area contributed by atoms with Crippen LogP contribution in [0.15, 0.2) is 59.5 Å². The summed E-state index contributed by atoms with van der Waals surface area (Å²) in [7, 11) is -3.62. The van der Waals surface area contributed by atoms with Gasteiger partial charge in [0.25, 0.3) is 0 Å². The minimum absolute atomic E-state index is 0.257. The van der Waals surface area contributed by atoms with Crippen LogP contribution in [0.25, 0.3) is 11.4 Å². The summed E-state index contributed by atoms with van der Waals surface area (Å²) in [6.45, 7) is 5.95. The van der Waals surface area contributed by atoms with Crippen molar-refractivity contribution in [3.63, 3.8) is 0 Å². The van der Waals surface area contributed by atoms with Gasteiger partial charge in [0.15, 0.2) is 10.6 Å². The van der Waals surface area contributed by atoms with E-state index in [0.29, 0.717) is 37.7 Å². The smallest absolute Gasteiger partial charge is 0.243 e. The van der Waals surface area contributed by atoms with Gasteiger partial charge in [-0.05, 0) is 49.3 Å². The number of rotatable bonds is 9. The second-order valence-electron chi connectivity index (χ2n) is 10.4. The molecule has 5 rings (SSSR count). The largest absolute Gasteiger partial charge is 0.379 e. The molecule has 2 aromatic carbocycles. The lowest BCUT2D eigenvalue weighted by Gasteiger charge is -2.26. The highest BCUT2D eigenvalue weighted by molar-refractivity contribution is 7.89. The van der Waals surface area contributed by atoms with Gasteiger partial charge in [0.05, 0.1) is 24.8 Å². The lowest BCUT2D eigenvalue weighted by atomic mass is 10.1. The molecule has 0 atom stereocenters. The van der Waals surface area contributed by atoms with Gasteiger partial charge < -0.3 is 4.74 Å². The third-order valence-corrected chi connectivity index (χ3v) is 10.1. The number of benzene rings is 2. The number of morpholine rings is 1. The van der Waals surface area contributed by atoms with Crippen LogP contribution in [0.4, 0.5) is 0 Å². The lowest BCUT2D eigenvalue weighted by molar-refractivity contribution is 0.0730. The summed E-state index contributed by atoms with van der Waals surface area (Å²) < 4.78 is 38.6. The van der Waals surface area contributed by atoms with Crippen molar-refractivity contribution < 1.29 is 13.2 Å². The molecule has 0 amide bonds. The summed E-state index contributed by atoms with van der Waals surface area (Å²) in [6.07, 6.45) is 6.91. The molecule has 3 aromatic rings. The SMILES string of the molecule is CCN(Cc1ccccc1)Cn1nc(-c2cccc(S(=O)(=O)N3CCOCC3)c2)n(C2CCCCCC2)c1=S. The van der Waals surface area contributed by atoms with Crippen molar-refractivity contribution in [3.05, 3.63) is 64.9 Å². The first-order valence-electron chi connectivity index (χ1n) is 14.1. The molecule has 0 N–H and O–H groups in total. The van der Waals surface area contributed by atoms with Crippen molar-refractivity contribution in [2.75, 3.05) is 32.8 Å². The van der Waals surface area contributed by atoms with Gasteiger partial charge in [0.2, 0.25) is 10.0 Å². The first-order valence-corrected chi connectivity index (χ1v) is 16.0. The molecule has 1 aromatic heterocycles. The molecule has 10 heteroatoms. The lowest BCUT2D eigenvalue weighted by Crippen LogP contribution is -2.40. The average molecular weight is 570 g/mol. The first-order chi connectivity index (χ1) is 19.0.